The maximum Gasteiger partial charge on any atom is 0.418 e. The number of benzene rings is 1. The fourth-order valence-electron chi connectivity index (χ4n) is 4.03. The zero-order chi connectivity index (χ0) is 27.5. The Morgan fingerprint density at radius 2 is 1.95 bits per heavy atom. The highest BCUT2D eigenvalue weighted by atomic mass is 35.5. The molecule has 38 heavy (non-hydrogen) atoms. The van der Waals surface area contributed by atoms with E-state index in [0.29, 0.717) is 0 Å². The summed E-state index contributed by atoms with van der Waals surface area (Å²) >= 11 is 5.68. The van der Waals surface area contributed by atoms with Gasteiger partial charge in [0.05, 0.1) is 53.6 Å². The molecule has 3 aromatic rings. The van der Waals surface area contributed by atoms with E-state index in [1.54, 1.807) is 0 Å². The molecule has 2 aromatic heterocycles. The molecule has 13 heteroatoms. The van der Waals surface area contributed by atoms with Gasteiger partial charge in [-0.05, 0) is 30.7 Å². The van der Waals surface area contributed by atoms with Gasteiger partial charge in [-0.15, -0.1) is 0 Å². The van der Waals surface area contributed by atoms with Gasteiger partial charge in [-0.2, -0.15) is 13.2 Å². The molecule has 3 N–H and O–H groups in total. The molecule has 0 aliphatic carbocycles. The number of aromatic hydroxyl groups is 1. The van der Waals surface area contributed by atoms with E-state index >= 15 is 0 Å². The van der Waals surface area contributed by atoms with Gasteiger partial charge in [-0.25, -0.2) is 4.39 Å². The van der Waals surface area contributed by atoms with E-state index in [2.05, 4.69) is 20.6 Å². The van der Waals surface area contributed by atoms with Crippen molar-refractivity contribution in [1.29, 1.82) is 0 Å². The lowest BCUT2D eigenvalue weighted by molar-refractivity contribution is -0.137. The van der Waals surface area contributed by atoms with Crippen LogP contribution in [0, 0.1) is 11.2 Å². The number of anilines is 2. The van der Waals surface area contributed by atoms with Gasteiger partial charge >= 0.3 is 6.18 Å². The van der Waals surface area contributed by atoms with Gasteiger partial charge < -0.3 is 20.5 Å². The van der Waals surface area contributed by atoms with Crippen LogP contribution in [0.2, 0.25) is 5.02 Å². The molecule has 1 fully saturated rings. The number of halogens is 5. The van der Waals surface area contributed by atoms with E-state index in [0.717, 1.165) is 24.4 Å². The molecule has 1 amide bonds. The SMILES string of the molecule is O=C(C[C@@]1(C(=O)NCc2ncc(Nc3ccc(Cl)cc3C(F)(F)F)cc2F)CCOC1)c1cncc(O)c1. The summed E-state index contributed by atoms with van der Waals surface area (Å²) in [5, 5.41) is 14.5. The summed E-state index contributed by atoms with van der Waals surface area (Å²) in [7, 11) is 0. The van der Waals surface area contributed by atoms with E-state index in [1.807, 2.05) is 0 Å². The molecule has 8 nitrogen and oxygen atoms in total. The monoisotopic (exact) mass is 552 g/mol. The third-order valence-electron chi connectivity index (χ3n) is 6.03. The number of alkyl halides is 3. The standard InChI is InChI=1S/C25H21ClF4N4O4/c26-15-1-2-20(18(6-15)25(28,29)30)34-16-7-19(27)21(32-10-16)12-33-23(37)24(3-4-38-13-24)8-22(36)14-5-17(35)11-31-9-14/h1-2,5-7,9-11,34-35H,3-4,8,12-13H2,(H,33,37)/t24-/m0/s1. The Balaban J connectivity index is 1.44. The Bertz CT molecular complexity index is 1360. The predicted octanol–water partition coefficient (Wildman–Crippen LogP) is 5.03. The molecule has 0 bridgehead atoms. The van der Waals surface area contributed by atoms with Crippen LogP contribution in [-0.2, 0) is 22.3 Å². The third kappa shape index (κ3) is 6.20. The largest absolute Gasteiger partial charge is 0.506 e. The average molecular weight is 553 g/mol. The van der Waals surface area contributed by atoms with Crippen LogP contribution >= 0.6 is 11.6 Å². The number of carbonyl (C=O) groups excluding carboxylic acids is 2. The molecule has 0 saturated carbocycles. The van der Waals surface area contributed by atoms with Crippen LogP contribution in [-0.4, -0.2) is 40.0 Å². The number of aromatic nitrogens is 2. The summed E-state index contributed by atoms with van der Waals surface area (Å²) in [5.41, 5.74) is -2.64. The summed E-state index contributed by atoms with van der Waals surface area (Å²) in [4.78, 5) is 33.5. The van der Waals surface area contributed by atoms with Crippen molar-refractivity contribution in [3.63, 3.8) is 0 Å². The van der Waals surface area contributed by atoms with E-state index in [-0.39, 0.29) is 66.0 Å². The van der Waals surface area contributed by atoms with Gasteiger partial charge in [0.2, 0.25) is 5.91 Å². The number of ether oxygens (including phenoxy) is 1. The molecule has 1 aliphatic rings. The van der Waals surface area contributed by atoms with Gasteiger partial charge in [0.15, 0.2) is 5.78 Å². The zero-order valence-electron chi connectivity index (χ0n) is 19.6. The Hall–Kier alpha value is -3.77. The van der Waals surface area contributed by atoms with Crippen molar-refractivity contribution in [3.05, 3.63) is 76.6 Å². The zero-order valence-corrected chi connectivity index (χ0v) is 20.4. The van der Waals surface area contributed by atoms with Crippen molar-refractivity contribution in [1.82, 2.24) is 15.3 Å². The number of Topliss-reactive ketones (excluding diaryl/α,β-unsaturated/α-hetero) is 1. The van der Waals surface area contributed by atoms with E-state index < -0.39 is 34.7 Å². The fraction of sp³-hybridized carbons (Fsp3) is 0.280. The first kappa shape index (κ1) is 27.3. The molecule has 1 atom stereocenters. The molecule has 0 radical (unpaired) electrons. The number of carbonyl (C=O) groups is 2. The molecule has 1 saturated heterocycles. The van der Waals surface area contributed by atoms with Gasteiger partial charge in [0.25, 0.3) is 0 Å². The number of nitrogens with zero attached hydrogens (tertiary/aromatic N) is 2. The lowest BCUT2D eigenvalue weighted by atomic mass is 9.80. The first-order chi connectivity index (χ1) is 18.0. The van der Waals surface area contributed by atoms with Gasteiger partial charge in [-0.3, -0.25) is 19.6 Å². The number of rotatable bonds is 8. The summed E-state index contributed by atoms with van der Waals surface area (Å²) in [5.74, 6) is -2.02. The Morgan fingerprint density at radius 1 is 1.16 bits per heavy atom. The van der Waals surface area contributed by atoms with Crippen LogP contribution in [0.15, 0.2) is 48.9 Å². The van der Waals surface area contributed by atoms with Crippen molar-refractivity contribution in [2.75, 3.05) is 18.5 Å². The lowest BCUT2D eigenvalue weighted by Gasteiger charge is -2.25. The number of hydrogen-bond donors (Lipinski definition) is 3. The maximum absolute atomic E-state index is 14.7. The minimum absolute atomic E-state index is 0.0295. The van der Waals surface area contributed by atoms with Gasteiger partial charge in [0.1, 0.15) is 11.6 Å². The van der Waals surface area contributed by atoms with Crippen molar-refractivity contribution in [2.45, 2.75) is 25.6 Å². The summed E-state index contributed by atoms with van der Waals surface area (Å²) in [6.45, 7) is -0.113. The number of hydrogen-bond acceptors (Lipinski definition) is 7. The minimum atomic E-state index is -4.69. The van der Waals surface area contributed by atoms with Crippen molar-refractivity contribution in [2.24, 2.45) is 5.41 Å². The fourth-order valence-corrected chi connectivity index (χ4v) is 4.20. The normalized spacial score (nSPS) is 17.3. The van der Waals surface area contributed by atoms with Gasteiger partial charge in [0, 0.05) is 35.9 Å². The molecule has 0 spiro atoms. The summed E-state index contributed by atoms with van der Waals surface area (Å²) in [6, 6.07) is 5.33. The smallest absolute Gasteiger partial charge is 0.418 e. The molecule has 200 valence electrons. The summed E-state index contributed by atoms with van der Waals surface area (Å²) in [6.07, 6.45) is -1.08. The van der Waals surface area contributed by atoms with Crippen molar-refractivity contribution < 1.29 is 37.0 Å². The second-order valence-electron chi connectivity index (χ2n) is 8.76. The van der Waals surface area contributed by atoms with Crippen LogP contribution < -0.4 is 10.6 Å². The lowest BCUT2D eigenvalue weighted by Crippen LogP contribution is -2.43. The van der Waals surface area contributed by atoms with Crippen LogP contribution in [0.1, 0.15) is 34.5 Å². The molecular formula is C25H21ClF4N4O4. The molecule has 0 unspecified atom stereocenters. The molecule has 1 aliphatic heterocycles. The number of ketones is 1. The predicted molar refractivity (Wildman–Crippen MR) is 128 cm³/mol. The van der Waals surface area contributed by atoms with E-state index in [1.165, 1.54) is 24.5 Å². The maximum atomic E-state index is 14.7. The number of nitrogens with one attached hydrogen (secondary N) is 2. The second kappa shape index (κ2) is 10.9. The molecule has 4 rings (SSSR count). The first-order valence-electron chi connectivity index (χ1n) is 11.3. The highest BCUT2D eigenvalue weighted by Gasteiger charge is 2.44. The first-order valence-corrected chi connectivity index (χ1v) is 11.7. The van der Waals surface area contributed by atoms with E-state index in [4.69, 9.17) is 16.3 Å². The average Bonchev–Trinajstić information content (AvgIpc) is 3.33. The highest BCUT2D eigenvalue weighted by Crippen LogP contribution is 2.38. The Labute approximate surface area is 219 Å². The van der Waals surface area contributed by atoms with Gasteiger partial charge in [-0.1, -0.05) is 11.6 Å². The van der Waals surface area contributed by atoms with Crippen LogP contribution in [0.3, 0.4) is 0 Å². The third-order valence-corrected chi connectivity index (χ3v) is 6.26. The molecule has 3 heterocycles. The number of pyridine rings is 2. The quantitative estimate of drug-likeness (QED) is 0.265. The highest BCUT2D eigenvalue weighted by molar-refractivity contribution is 6.30. The minimum Gasteiger partial charge on any atom is -0.506 e. The second-order valence-corrected chi connectivity index (χ2v) is 9.20. The number of amides is 1. The van der Waals surface area contributed by atoms with Crippen molar-refractivity contribution in [3.8, 4) is 5.75 Å². The molecular weight excluding hydrogens is 532 g/mol. The topological polar surface area (TPSA) is 113 Å². The summed E-state index contributed by atoms with van der Waals surface area (Å²) < 4.78 is 60.1. The van der Waals surface area contributed by atoms with Crippen LogP contribution in [0.5, 0.6) is 5.75 Å². The van der Waals surface area contributed by atoms with E-state index in [9.17, 15) is 32.3 Å². The Kier molecular flexibility index (Phi) is 7.83. The van der Waals surface area contributed by atoms with Crippen LogP contribution in [0.25, 0.3) is 0 Å². The molecule has 1 aromatic carbocycles. The van der Waals surface area contributed by atoms with Crippen LogP contribution in [0.4, 0.5) is 28.9 Å². The Morgan fingerprint density at radius 3 is 2.61 bits per heavy atom. The van der Waals surface area contributed by atoms with Crippen molar-refractivity contribution >= 4 is 34.7 Å².